The number of hydrogen-bond donors (Lipinski definition) is 1. The number of carbonyl (C=O) groups excluding carboxylic acids is 1. The zero-order valence-corrected chi connectivity index (χ0v) is 14.6. The van der Waals surface area contributed by atoms with Gasteiger partial charge in [0.2, 0.25) is 0 Å². The molecular weight excluding hydrogens is 302 g/mol. The smallest absolute Gasteiger partial charge is 0.253 e. The maximum Gasteiger partial charge on any atom is 0.253 e. The highest BCUT2D eigenvalue weighted by atomic mass is 16.5. The van der Waals surface area contributed by atoms with Crippen molar-refractivity contribution < 1.29 is 9.53 Å². The third-order valence-electron chi connectivity index (χ3n) is 3.83. The maximum absolute atomic E-state index is 12.4. The van der Waals surface area contributed by atoms with E-state index in [1.165, 1.54) is 0 Å². The average Bonchev–Trinajstić information content (AvgIpc) is 2.64. The number of amides is 1. The largest absolute Gasteiger partial charge is 0.497 e. The Hall–Kier alpha value is -2.56. The molecule has 5 nitrogen and oxygen atoms in total. The quantitative estimate of drug-likeness (QED) is 0.805. The number of methoxy groups -OCH3 is 1. The third-order valence-corrected chi connectivity index (χ3v) is 3.83. The molecule has 0 fully saturated rings. The molecule has 0 saturated heterocycles. The molecule has 0 aliphatic heterocycles. The zero-order chi connectivity index (χ0) is 17.4. The van der Waals surface area contributed by atoms with Gasteiger partial charge >= 0.3 is 0 Å². The molecule has 2 aromatic rings. The van der Waals surface area contributed by atoms with E-state index in [2.05, 4.69) is 17.2 Å². The van der Waals surface area contributed by atoms with Gasteiger partial charge in [-0.05, 0) is 36.2 Å². The fourth-order valence-electron chi connectivity index (χ4n) is 2.31. The van der Waals surface area contributed by atoms with Crippen LogP contribution in [0.2, 0.25) is 0 Å². The van der Waals surface area contributed by atoms with Crippen LogP contribution < -0.4 is 10.1 Å². The second-order valence-electron chi connectivity index (χ2n) is 5.71. The minimum Gasteiger partial charge on any atom is -0.497 e. The first-order valence-corrected chi connectivity index (χ1v) is 8.22. The number of benzene rings is 1. The molecule has 2 rings (SSSR count). The lowest BCUT2D eigenvalue weighted by Crippen LogP contribution is -2.27. The number of hydrogen-bond acceptors (Lipinski definition) is 4. The van der Waals surface area contributed by atoms with E-state index in [9.17, 15) is 4.79 Å². The van der Waals surface area contributed by atoms with Crippen LogP contribution in [0.25, 0.3) is 0 Å². The summed E-state index contributed by atoms with van der Waals surface area (Å²) >= 11 is 0. The summed E-state index contributed by atoms with van der Waals surface area (Å²) in [6.07, 6.45) is 3.75. The number of ether oxygens (including phenoxy) is 1. The lowest BCUT2D eigenvalue weighted by molar-refractivity contribution is 0.0793. The Morgan fingerprint density at radius 1 is 1.25 bits per heavy atom. The first kappa shape index (κ1) is 17.8. The van der Waals surface area contributed by atoms with E-state index in [-0.39, 0.29) is 5.91 Å². The first-order valence-electron chi connectivity index (χ1n) is 8.22. The van der Waals surface area contributed by atoms with Crippen molar-refractivity contribution in [1.82, 2.24) is 9.88 Å². The molecule has 0 saturated carbocycles. The number of unbranched alkanes of at least 4 members (excludes halogenated alkanes) is 1. The van der Waals surface area contributed by atoms with E-state index >= 15 is 0 Å². The lowest BCUT2D eigenvalue weighted by Gasteiger charge is -2.17. The molecule has 0 radical (unpaired) electrons. The summed E-state index contributed by atoms with van der Waals surface area (Å²) in [6, 6.07) is 11.4. The summed E-state index contributed by atoms with van der Waals surface area (Å²) in [5.41, 5.74) is 1.77. The van der Waals surface area contributed by atoms with Crippen LogP contribution in [0, 0.1) is 0 Å². The van der Waals surface area contributed by atoms with Crippen LogP contribution in [0.3, 0.4) is 0 Å². The molecule has 0 unspecified atom stereocenters. The summed E-state index contributed by atoms with van der Waals surface area (Å²) in [5.74, 6) is 1.55. The van der Waals surface area contributed by atoms with Crippen molar-refractivity contribution in [2.45, 2.75) is 26.3 Å². The van der Waals surface area contributed by atoms with Gasteiger partial charge in [-0.3, -0.25) is 4.79 Å². The van der Waals surface area contributed by atoms with Crippen molar-refractivity contribution in [2.24, 2.45) is 0 Å². The maximum atomic E-state index is 12.4. The molecule has 1 N–H and O–H groups in total. The van der Waals surface area contributed by atoms with Gasteiger partial charge in [-0.25, -0.2) is 4.98 Å². The normalized spacial score (nSPS) is 10.3. The SMILES string of the molecule is CCCCN(C)C(=O)c1ccnc(NCc2ccc(OC)cc2)c1. The molecular formula is C19H25N3O2. The van der Waals surface area contributed by atoms with E-state index in [1.807, 2.05) is 31.3 Å². The molecule has 24 heavy (non-hydrogen) atoms. The molecule has 0 atom stereocenters. The number of aromatic nitrogens is 1. The fraction of sp³-hybridized carbons (Fsp3) is 0.368. The minimum absolute atomic E-state index is 0.0262. The number of anilines is 1. The van der Waals surface area contributed by atoms with Gasteiger partial charge in [-0.2, -0.15) is 0 Å². The molecule has 5 heteroatoms. The number of nitrogens with one attached hydrogen (secondary N) is 1. The number of nitrogens with zero attached hydrogens (tertiary/aromatic N) is 2. The van der Waals surface area contributed by atoms with Crippen LogP contribution in [-0.2, 0) is 6.54 Å². The first-order chi connectivity index (χ1) is 11.6. The highest BCUT2D eigenvalue weighted by molar-refractivity contribution is 5.94. The van der Waals surface area contributed by atoms with Crippen molar-refractivity contribution in [1.29, 1.82) is 0 Å². The topological polar surface area (TPSA) is 54.5 Å². The Morgan fingerprint density at radius 2 is 2.00 bits per heavy atom. The molecule has 1 amide bonds. The van der Waals surface area contributed by atoms with E-state index in [4.69, 9.17) is 4.74 Å². The van der Waals surface area contributed by atoms with E-state index in [1.54, 1.807) is 30.3 Å². The standard InChI is InChI=1S/C19H25N3O2/c1-4-5-12-22(2)19(23)16-10-11-20-18(13-16)21-14-15-6-8-17(24-3)9-7-15/h6-11,13H,4-5,12,14H2,1-3H3,(H,20,21). The molecule has 0 bridgehead atoms. The van der Waals surface area contributed by atoms with Gasteiger partial charge < -0.3 is 15.0 Å². The van der Waals surface area contributed by atoms with Gasteiger partial charge in [-0.1, -0.05) is 25.5 Å². The Bertz CT molecular complexity index is 656. The Morgan fingerprint density at radius 3 is 2.67 bits per heavy atom. The summed E-state index contributed by atoms with van der Waals surface area (Å²) in [5, 5.41) is 3.25. The Kier molecular flexibility index (Phi) is 6.61. The van der Waals surface area contributed by atoms with Gasteiger partial charge in [0, 0.05) is 31.9 Å². The minimum atomic E-state index is 0.0262. The molecule has 0 aliphatic carbocycles. The average molecular weight is 327 g/mol. The predicted octanol–water partition coefficient (Wildman–Crippen LogP) is 3.57. The van der Waals surface area contributed by atoms with Crippen molar-refractivity contribution in [3.8, 4) is 5.75 Å². The number of carbonyl (C=O) groups is 1. The van der Waals surface area contributed by atoms with E-state index < -0.39 is 0 Å². The predicted molar refractivity (Wildman–Crippen MR) is 96.4 cm³/mol. The van der Waals surface area contributed by atoms with Crippen LogP contribution in [0.1, 0.15) is 35.7 Å². The fourth-order valence-corrected chi connectivity index (χ4v) is 2.31. The van der Waals surface area contributed by atoms with Gasteiger partial charge in [-0.15, -0.1) is 0 Å². The molecule has 0 aliphatic rings. The number of rotatable bonds is 8. The van der Waals surface area contributed by atoms with Crippen molar-refractivity contribution in [2.75, 3.05) is 26.0 Å². The Labute approximate surface area is 143 Å². The third kappa shape index (κ3) is 4.98. The molecule has 128 valence electrons. The van der Waals surface area contributed by atoms with E-state index in [0.29, 0.717) is 17.9 Å². The van der Waals surface area contributed by atoms with Crippen LogP contribution in [-0.4, -0.2) is 36.5 Å². The second-order valence-corrected chi connectivity index (χ2v) is 5.71. The van der Waals surface area contributed by atoms with Crippen molar-refractivity contribution in [3.63, 3.8) is 0 Å². The van der Waals surface area contributed by atoms with Crippen LogP contribution >= 0.6 is 0 Å². The molecule has 1 heterocycles. The number of pyridine rings is 1. The highest BCUT2D eigenvalue weighted by Crippen LogP contribution is 2.14. The van der Waals surface area contributed by atoms with Gasteiger partial charge in [0.1, 0.15) is 11.6 Å². The van der Waals surface area contributed by atoms with Crippen LogP contribution in [0.4, 0.5) is 5.82 Å². The van der Waals surface area contributed by atoms with Gasteiger partial charge in [0.05, 0.1) is 7.11 Å². The molecule has 0 spiro atoms. The van der Waals surface area contributed by atoms with Gasteiger partial charge in [0.15, 0.2) is 0 Å². The van der Waals surface area contributed by atoms with Crippen molar-refractivity contribution >= 4 is 11.7 Å². The van der Waals surface area contributed by atoms with Crippen LogP contribution in [0.15, 0.2) is 42.6 Å². The second kappa shape index (κ2) is 8.91. The summed E-state index contributed by atoms with van der Waals surface area (Å²) < 4.78 is 5.15. The lowest BCUT2D eigenvalue weighted by atomic mass is 10.2. The summed E-state index contributed by atoms with van der Waals surface area (Å²) in [7, 11) is 3.49. The van der Waals surface area contributed by atoms with Crippen molar-refractivity contribution in [3.05, 3.63) is 53.7 Å². The molecule has 1 aromatic heterocycles. The monoisotopic (exact) mass is 327 g/mol. The summed E-state index contributed by atoms with van der Waals surface area (Å²) in [4.78, 5) is 18.4. The van der Waals surface area contributed by atoms with Crippen LogP contribution in [0.5, 0.6) is 5.75 Å². The summed E-state index contributed by atoms with van der Waals surface area (Å²) in [6.45, 7) is 3.53. The highest BCUT2D eigenvalue weighted by Gasteiger charge is 2.11. The van der Waals surface area contributed by atoms with E-state index in [0.717, 1.165) is 30.7 Å². The molecule has 1 aromatic carbocycles. The van der Waals surface area contributed by atoms with Gasteiger partial charge in [0.25, 0.3) is 5.91 Å². The Balaban J connectivity index is 1.97. The zero-order valence-electron chi connectivity index (χ0n) is 14.6.